The first-order chi connectivity index (χ1) is 12.1. The molecule has 0 aliphatic heterocycles. The molecule has 0 aliphatic carbocycles. The summed E-state index contributed by atoms with van der Waals surface area (Å²) >= 11 is 1.71. The third kappa shape index (κ3) is 3.81. The van der Waals surface area contributed by atoms with E-state index in [0.717, 1.165) is 17.9 Å². The number of Topliss-reactive ketones (excluding diaryl/α,β-unsaturated/α-hetero) is 1. The van der Waals surface area contributed by atoms with E-state index >= 15 is 0 Å². The number of hydrogen-bond acceptors (Lipinski definition) is 4. The fraction of sp³-hybridized carbons (Fsp3) is 0.200. The summed E-state index contributed by atoms with van der Waals surface area (Å²) < 4.78 is 7.72. The van der Waals surface area contributed by atoms with Gasteiger partial charge in [-0.25, -0.2) is 0 Å². The fourth-order valence-corrected chi connectivity index (χ4v) is 3.43. The second-order valence-electron chi connectivity index (χ2n) is 5.80. The number of carbonyl (C=O) groups is 1. The molecule has 126 valence electrons. The second kappa shape index (κ2) is 7.37. The number of hydrogen-bond donors (Lipinski definition) is 0. The van der Waals surface area contributed by atoms with E-state index in [1.807, 2.05) is 26.0 Å². The topological polar surface area (TPSA) is 55.0 Å². The minimum Gasteiger partial charge on any atom is -0.485 e. The third-order valence-corrected chi connectivity index (χ3v) is 4.98. The van der Waals surface area contributed by atoms with Crippen LogP contribution in [0.15, 0.2) is 47.8 Å². The molecule has 0 N–H and O–H groups in total. The van der Waals surface area contributed by atoms with Crippen LogP contribution >= 0.6 is 11.3 Å². The standard InChI is InChI=1S/C20H18N2O2S/c1-14-10-19(15(2)22(14)12-18-4-3-9-25-18)20(23)13-24-17-7-5-16(11-21)6-8-17/h3-10H,12-13H2,1-2H3. The van der Waals surface area contributed by atoms with Gasteiger partial charge in [0, 0.05) is 21.8 Å². The lowest BCUT2D eigenvalue weighted by Crippen LogP contribution is -2.13. The van der Waals surface area contributed by atoms with Gasteiger partial charge in [-0.1, -0.05) is 6.07 Å². The van der Waals surface area contributed by atoms with Crippen molar-refractivity contribution in [3.63, 3.8) is 0 Å². The van der Waals surface area contributed by atoms with Gasteiger partial charge in [-0.05, 0) is 55.6 Å². The number of nitrogens with zero attached hydrogens (tertiary/aromatic N) is 2. The lowest BCUT2D eigenvalue weighted by molar-refractivity contribution is 0.0921. The van der Waals surface area contributed by atoms with E-state index in [-0.39, 0.29) is 12.4 Å². The van der Waals surface area contributed by atoms with Gasteiger partial charge in [-0.3, -0.25) is 4.79 Å². The number of ether oxygens (including phenoxy) is 1. The average molecular weight is 350 g/mol. The van der Waals surface area contributed by atoms with Gasteiger partial charge in [0.1, 0.15) is 5.75 Å². The van der Waals surface area contributed by atoms with E-state index in [0.29, 0.717) is 16.9 Å². The van der Waals surface area contributed by atoms with Crippen molar-refractivity contribution in [1.29, 1.82) is 5.26 Å². The SMILES string of the molecule is Cc1cc(C(=O)COc2ccc(C#N)cc2)c(C)n1Cc1cccs1. The molecule has 25 heavy (non-hydrogen) atoms. The van der Waals surface area contributed by atoms with Crippen molar-refractivity contribution in [2.75, 3.05) is 6.61 Å². The van der Waals surface area contributed by atoms with Crippen molar-refractivity contribution < 1.29 is 9.53 Å². The Morgan fingerprint density at radius 1 is 1.24 bits per heavy atom. The Morgan fingerprint density at radius 2 is 2.00 bits per heavy atom. The van der Waals surface area contributed by atoms with Crippen molar-refractivity contribution in [2.45, 2.75) is 20.4 Å². The quantitative estimate of drug-likeness (QED) is 0.621. The summed E-state index contributed by atoms with van der Waals surface area (Å²) in [6.45, 7) is 4.74. The van der Waals surface area contributed by atoms with Crippen LogP contribution in [0, 0.1) is 25.2 Å². The Kier molecular flexibility index (Phi) is 5.01. The number of ketones is 1. The van der Waals surface area contributed by atoms with Crippen LogP contribution in [0.5, 0.6) is 5.75 Å². The molecule has 4 nitrogen and oxygen atoms in total. The number of thiophene rings is 1. The molecule has 0 radical (unpaired) electrons. The summed E-state index contributed by atoms with van der Waals surface area (Å²) in [5.74, 6) is 0.537. The van der Waals surface area contributed by atoms with E-state index in [1.54, 1.807) is 35.6 Å². The molecular weight excluding hydrogens is 332 g/mol. The van der Waals surface area contributed by atoms with Crippen LogP contribution in [0.4, 0.5) is 0 Å². The highest BCUT2D eigenvalue weighted by molar-refractivity contribution is 7.09. The number of carbonyl (C=O) groups excluding carboxylic acids is 1. The molecule has 3 rings (SSSR count). The highest BCUT2D eigenvalue weighted by atomic mass is 32.1. The van der Waals surface area contributed by atoms with Crippen LogP contribution in [-0.4, -0.2) is 17.0 Å². The van der Waals surface area contributed by atoms with Crippen LogP contribution in [0.3, 0.4) is 0 Å². The molecule has 0 aliphatic rings. The smallest absolute Gasteiger partial charge is 0.202 e. The Bertz CT molecular complexity index is 916. The summed E-state index contributed by atoms with van der Waals surface area (Å²) in [6, 6.07) is 14.9. The largest absolute Gasteiger partial charge is 0.485 e. The van der Waals surface area contributed by atoms with Crippen LogP contribution < -0.4 is 4.74 Å². The van der Waals surface area contributed by atoms with Crippen molar-refractivity contribution in [2.24, 2.45) is 0 Å². The zero-order valence-corrected chi connectivity index (χ0v) is 15.0. The summed E-state index contributed by atoms with van der Waals surface area (Å²) in [6.07, 6.45) is 0. The Balaban J connectivity index is 1.70. The van der Waals surface area contributed by atoms with Crippen molar-refractivity contribution in [1.82, 2.24) is 4.57 Å². The van der Waals surface area contributed by atoms with Crippen molar-refractivity contribution in [3.05, 3.63) is 75.2 Å². The van der Waals surface area contributed by atoms with Crippen LogP contribution in [-0.2, 0) is 6.54 Å². The van der Waals surface area contributed by atoms with Crippen molar-refractivity contribution in [3.8, 4) is 11.8 Å². The number of rotatable bonds is 6. The van der Waals surface area contributed by atoms with Crippen LogP contribution in [0.2, 0.25) is 0 Å². The molecule has 0 amide bonds. The maximum absolute atomic E-state index is 12.5. The molecule has 0 saturated heterocycles. The summed E-state index contributed by atoms with van der Waals surface area (Å²) in [4.78, 5) is 13.8. The van der Waals surface area contributed by atoms with E-state index in [9.17, 15) is 4.79 Å². The minimum absolute atomic E-state index is 0.0187. The molecule has 2 aromatic heterocycles. The monoisotopic (exact) mass is 350 g/mol. The van der Waals surface area contributed by atoms with Gasteiger partial charge in [-0.2, -0.15) is 5.26 Å². The van der Waals surface area contributed by atoms with E-state index in [4.69, 9.17) is 10.00 Å². The number of aromatic nitrogens is 1. The zero-order chi connectivity index (χ0) is 17.8. The number of benzene rings is 1. The maximum Gasteiger partial charge on any atom is 0.202 e. The van der Waals surface area contributed by atoms with Gasteiger partial charge in [-0.15, -0.1) is 11.3 Å². The molecule has 2 heterocycles. The first kappa shape index (κ1) is 17.0. The van der Waals surface area contributed by atoms with Gasteiger partial charge in [0.05, 0.1) is 18.2 Å². The summed E-state index contributed by atoms with van der Waals surface area (Å²) in [7, 11) is 0. The first-order valence-electron chi connectivity index (χ1n) is 7.93. The van der Waals surface area contributed by atoms with Gasteiger partial charge >= 0.3 is 0 Å². The lowest BCUT2D eigenvalue weighted by atomic mass is 10.1. The zero-order valence-electron chi connectivity index (χ0n) is 14.2. The molecule has 0 fully saturated rings. The van der Waals surface area contributed by atoms with E-state index in [1.165, 1.54) is 4.88 Å². The Hall–Kier alpha value is -2.84. The fourth-order valence-electron chi connectivity index (χ4n) is 2.74. The summed E-state index contributed by atoms with van der Waals surface area (Å²) in [5, 5.41) is 10.9. The number of nitriles is 1. The van der Waals surface area contributed by atoms with E-state index < -0.39 is 0 Å². The van der Waals surface area contributed by atoms with E-state index in [2.05, 4.69) is 22.1 Å². The molecular formula is C20H18N2O2S. The lowest BCUT2D eigenvalue weighted by Gasteiger charge is -2.09. The second-order valence-corrected chi connectivity index (χ2v) is 6.83. The summed E-state index contributed by atoms with van der Waals surface area (Å²) in [5.41, 5.74) is 3.28. The normalized spacial score (nSPS) is 10.4. The molecule has 3 aromatic rings. The molecule has 0 bridgehead atoms. The predicted molar refractivity (Wildman–Crippen MR) is 98.3 cm³/mol. The van der Waals surface area contributed by atoms with Gasteiger partial charge < -0.3 is 9.30 Å². The Morgan fingerprint density at radius 3 is 2.64 bits per heavy atom. The molecule has 0 atom stereocenters. The molecule has 1 aromatic carbocycles. The third-order valence-electron chi connectivity index (χ3n) is 4.12. The van der Waals surface area contributed by atoms with Crippen LogP contribution in [0.25, 0.3) is 0 Å². The Labute approximate surface area is 150 Å². The van der Waals surface area contributed by atoms with Gasteiger partial charge in [0.25, 0.3) is 0 Å². The molecule has 0 spiro atoms. The highest BCUT2D eigenvalue weighted by Gasteiger charge is 2.16. The first-order valence-corrected chi connectivity index (χ1v) is 8.81. The highest BCUT2D eigenvalue weighted by Crippen LogP contribution is 2.20. The van der Waals surface area contributed by atoms with Gasteiger partial charge in [0.2, 0.25) is 5.78 Å². The average Bonchev–Trinajstić information content (AvgIpc) is 3.24. The molecule has 5 heteroatoms. The van der Waals surface area contributed by atoms with Crippen LogP contribution in [0.1, 0.15) is 32.2 Å². The van der Waals surface area contributed by atoms with Gasteiger partial charge in [0.15, 0.2) is 6.61 Å². The number of aryl methyl sites for hydroxylation is 1. The molecule has 0 saturated carbocycles. The minimum atomic E-state index is -0.0464. The maximum atomic E-state index is 12.5. The molecule has 0 unspecified atom stereocenters. The predicted octanol–water partition coefficient (Wildman–Crippen LogP) is 4.35. The van der Waals surface area contributed by atoms with Crippen molar-refractivity contribution >= 4 is 17.1 Å².